The minimum absolute atomic E-state index is 0.00384. The van der Waals surface area contributed by atoms with Crippen molar-refractivity contribution in [3.63, 3.8) is 0 Å². The van der Waals surface area contributed by atoms with E-state index in [4.69, 9.17) is 4.52 Å². The molecule has 1 aromatic carbocycles. The number of aromatic nitrogens is 5. The maximum atomic E-state index is 12.7. The molecule has 0 spiro atoms. The number of fused-ring (bicyclic) bond motifs is 1. The molecule has 1 saturated carbocycles. The van der Waals surface area contributed by atoms with Crippen LogP contribution >= 0.6 is 0 Å². The first kappa shape index (κ1) is 16.8. The minimum atomic E-state index is 0.00384. The van der Waals surface area contributed by atoms with E-state index in [0.717, 1.165) is 42.3 Å². The smallest absolute Gasteiger partial charge is 0.276 e. The number of benzene rings is 1. The average molecular weight is 373 g/mol. The van der Waals surface area contributed by atoms with E-state index in [2.05, 4.69) is 20.1 Å². The van der Waals surface area contributed by atoms with E-state index in [1.807, 2.05) is 41.0 Å². The van der Waals surface area contributed by atoms with Gasteiger partial charge in [-0.3, -0.25) is 9.78 Å². The van der Waals surface area contributed by atoms with Crippen LogP contribution in [0.15, 0.2) is 51.9 Å². The second-order valence-electron chi connectivity index (χ2n) is 7.15. The van der Waals surface area contributed by atoms with E-state index in [1.54, 1.807) is 13.1 Å². The van der Waals surface area contributed by atoms with Gasteiger partial charge in [-0.2, -0.15) is 4.98 Å². The number of aryl methyl sites for hydroxylation is 1. The largest absolute Gasteiger partial charge is 0.332 e. The average Bonchev–Trinajstić information content (AvgIpc) is 3.42. The number of hydrogen-bond donors (Lipinski definition) is 0. The van der Waals surface area contributed by atoms with Crippen LogP contribution in [0.3, 0.4) is 0 Å². The van der Waals surface area contributed by atoms with Crippen LogP contribution < -0.4 is 5.56 Å². The molecular formula is C21H19N5O2. The first-order valence-electron chi connectivity index (χ1n) is 9.49. The van der Waals surface area contributed by atoms with Gasteiger partial charge in [-0.05, 0) is 50.1 Å². The zero-order valence-corrected chi connectivity index (χ0v) is 15.5. The third-order valence-electron chi connectivity index (χ3n) is 5.31. The van der Waals surface area contributed by atoms with Gasteiger partial charge in [-0.25, -0.2) is 4.98 Å². The van der Waals surface area contributed by atoms with E-state index in [0.29, 0.717) is 23.1 Å². The molecule has 28 heavy (non-hydrogen) atoms. The molecule has 3 aromatic heterocycles. The molecule has 0 atom stereocenters. The number of rotatable bonds is 3. The molecule has 0 amide bonds. The lowest BCUT2D eigenvalue weighted by molar-refractivity contribution is 0.431. The highest BCUT2D eigenvalue weighted by Crippen LogP contribution is 2.31. The van der Waals surface area contributed by atoms with Crippen LogP contribution in [-0.4, -0.2) is 24.7 Å². The number of hydrogen-bond acceptors (Lipinski definition) is 6. The lowest BCUT2D eigenvalue weighted by Gasteiger charge is -2.17. The first-order valence-corrected chi connectivity index (χ1v) is 9.49. The zero-order chi connectivity index (χ0) is 19.1. The lowest BCUT2D eigenvalue weighted by atomic mass is 10.1. The predicted octanol–water partition coefficient (Wildman–Crippen LogP) is 3.93. The van der Waals surface area contributed by atoms with Crippen molar-refractivity contribution in [1.29, 1.82) is 0 Å². The topological polar surface area (TPSA) is 86.7 Å². The molecule has 7 nitrogen and oxygen atoms in total. The van der Waals surface area contributed by atoms with Gasteiger partial charge in [0.25, 0.3) is 11.4 Å². The molecular weight excluding hydrogens is 354 g/mol. The summed E-state index contributed by atoms with van der Waals surface area (Å²) in [6, 6.07) is 11.6. The summed E-state index contributed by atoms with van der Waals surface area (Å²) in [6.45, 7) is 1.77. The Hall–Kier alpha value is -3.35. The van der Waals surface area contributed by atoms with E-state index in [-0.39, 0.29) is 11.6 Å². The molecule has 4 aromatic rings. The second-order valence-corrected chi connectivity index (χ2v) is 7.15. The van der Waals surface area contributed by atoms with Crippen LogP contribution in [-0.2, 0) is 0 Å². The van der Waals surface area contributed by atoms with E-state index in [1.165, 1.54) is 0 Å². The molecule has 0 N–H and O–H groups in total. The molecule has 0 unspecified atom stereocenters. The van der Waals surface area contributed by atoms with Crippen molar-refractivity contribution in [2.24, 2.45) is 0 Å². The Balaban J connectivity index is 1.60. The summed E-state index contributed by atoms with van der Waals surface area (Å²) in [6.07, 6.45) is 6.09. The highest BCUT2D eigenvalue weighted by molar-refractivity contribution is 5.80. The first-order chi connectivity index (χ1) is 13.7. The molecule has 0 saturated heterocycles. The highest BCUT2D eigenvalue weighted by Gasteiger charge is 2.22. The van der Waals surface area contributed by atoms with Crippen molar-refractivity contribution in [3.8, 4) is 23.0 Å². The van der Waals surface area contributed by atoms with Crippen molar-refractivity contribution in [1.82, 2.24) is 24.7 Å². The van der Waals surface area contributed by atoms with Crippen LogP contribution in [0.1, 0.15) is 37.4 Å². The van der Waals surface area contributed by atoms with E-state index in [9.17, 15) is 4.79 Å². The predicted molar refractivity (Wildman–Crippen MR) is 105 cm³/mol. The Morgan fingerprint density at radius 1 is 1.11 bits per heavy atom. The Morgan fingerprint density at radius 2 is 1.96 bits per heavy atom. The van der Waals surface area contributed by atoms with Gasteiger partial charge in [0.05, 0.1) is 11.0 Å². The number of nitrogens with zero attached hydrogens (tertiary/aromatic N) is 5. The van der Waals surface area contributed by atoms with Crippen molar-refractivity contribution < 1.29 is 4.52 Å². The third kappa shape index (κ3) is 2.79. The summed E-state index contributed by atoms with van der Waals surface area (Å²) >= 11 is 0. The second kappa shape index (κ2) is 6.67. The summed E-state index contributed by atoms with van der Waals surface area (Å²) in [5.41, 5.74) is 3.57. The van der Waals surface area contributed by atoms with Crippen molar-refractivity contribution in [2.45, 2.75) is 38.6 Å². The maximum Gasteiger partial charge on any atom is 0.276 e. The molecule has 3 heterocycles. The number of pyridine rings is 1. The molecule has 0 bridgehead atoms. The van der Waals surface area contributed by atoms with Crippen LogP contribution in [0.2, 0.25) is 0 Å². The quantitative estimate of drug-likeness (QED) is 0.541. The Kier molecular flexibility index (Phi) is 4.00. The fraction of sp³-hybridized carbons (Fsp3) is 0.286. The summed E-state index contributed by atoms with van der Waals surface area (Å²) in [5, 5.41) is 4.09. The van der Waals surface area contributed by atoms with E-state index >= 15 is 0 Å². The molecule has 0 aliphatic heterocycles. The van der Waals surface area contributed by atoms with Gasteiger partial charge in [-0.15, -0.1) is 0 Å². The van der Waals surface area contributed by atoms with E-state index < -0.39 is 0 Å². The summed E-state index contributed by atoms with van der Waals surface area (Å²) in [7, 11) is 0. The Labute approximate surface area is 161 Å². The Morgan fingerprint density at radius 3 is 2.75 bits per heavy atom. The standard InChI is InChI=1S/C21H19N5O2/c1-13-21(27)26(15-6-2-3-7-15)18-10-9-14(12-17(18)23-13)19-24-20(28-25-19)16-8-4-5-11-22-16/h4-5,8-12,15H,2-3,6-7H2,1H3. The molecule has 5 rings (SSSR count). The monoisotopic (exact) mass is 373 g/mol. The van der Waals surface area contributed by atoms with Gasteiger partial charge in [0.2, 0.25) is 5.82 Å². The van der Waals surface area contributed by atoms with Gasteiger partial charge in [0, 0.05) is 17.8 Å². The SMILES string of the molecule is Cc1nc2cc(-c3noc(-c4ccccn4)n3)ccc2n(C2CCCC2)c1=O. The van der Waals surface area contributed by atoms with Gasteiger partial charge in [0.15, 0.2) is 0 Å². The Bertz CT molecular complexity index is 1210. The minimum Gasteiger partial charge on any atom is -0.332 e. The fourth-order valence-corrected chi connectivity index (χ4v) is 3.93. The molecule has 140 valence electrons. The van der Waals surface area contributed by atoms with Crippen LogP contribution in [0, 0.1) is 6.92 Å². The van der Waals surface area contributed by atoms with Gasteiger partial charge < -0.3 is 9.09 Å². The summed E-state index contributed by atoms with van der Waals surface area (Å²) in [5.74, 6) is 0.844. The third-order valence-corrected chi connectivity index (χ3v) is 5.31. The maximum absolute atomic E-state index is 12.7. The van der Waals surface area contributed by atoms with Crippen molar-refractivity contribution in [2.75, 3.05) is 0 Å². The normalized spacial score (nSPS) is 14.8. The summed E-state index contributed by atoms with van der Waals surface area (Å²) < 4.78 is 7.29. The van der Waals surface area contributed by atoms with Gasteiger partial charge >= 0.3 is 0 Å². The molecule has 1 fully saturated rings. The van der Waals surface area contributed by atoms with Gasteiger partial charge in [-0.1, -0.05) is 24.1 Å². The zero-order valence-electron chi connectivity index (χ0n) is 15.5. The fourth-order valence-electron chi connectivity index (χ4n) is 3.93. The molecule has 1 aliphatic carbocycles. The molecule has 0 radical (unpaired) electrons. The van der Waals surface area contributed by atoms with Crippen molar-refractivity contribution >= 4 is 11.0 Å². The van der Waals surface area contributed by atoms with Crippen LogP contribution in [0.4, 0.5) is 0 Å². The lowest BCUT2D eigenvalue weighted by Crippen LogP contribution is -2.26. The van der Waals surface area contributed by atoms with Crippen LogP contribution in [0.25, 0.3) is 34.0 Å². The van der Waals surface area contributed by atoms with Crippen LogP contribution in [0.5, 0.6) is 0 Å². The highest BCUT2D eigenvalue weighted by atomic mass is 16.5. The van der Waals surface area contributed by atoms with Crippen molar-refractivity contribution in [3.05, 3.63) is 58.6 Å². The summed E-state index contributed by atoms with van der Waals surface area (Å²) in [4.78, 5) is 26.0. The molecule has 1 aliphatic rings. The van der Waals surface area contributed by atoms with Gasteiger partial charge in [0.1, 0.15) is 11.4 Å². The molecule has 7 heteroatoms.